The number of hydrogen-bond donors (Lipinski definition) is 1. The molecule has 1 N–H and O–H groups in total. The van der Waals surface area contributed by atoms with Gasteiger partial charge < -0.3 is 14.8 Å². The first-order valence-electron chi connectivity index (χ1n) is 11.1. The molecule has 0 bridgehead atoms. The Morgan fingerprint density at radius 2 is 1.90 bits per heavy atom. The Kier molecular flexibility index (Phi) is 5.45. The average molecular weight is 435 g/mol. The van der Waals surface area contributed by atoms with E-state index in [1.165, 1.54) is 5.69 Å². The van der Waals surface area contributed by atoms with E-state index in [1.54, 1.807) is 0 Å². The second-order valence-electron chi connectivity index (χ2n) is 8.36. The number of piperidine rings is 1. The number of aromatic nitrogens is 2. The molecule has 0 radical (unpaired) electrons. The Balaban J connectivity index is 1.39. The molecule has 0 spiro atoms. The zero-order valence-corrected chi connectivity index (χ0v) is 18.5. The van der Waals surface area contributed by atoms with Crippen LogP contribution in [0.3, 0.4) is 0 Å². The smallest absolute Gasteiger partial charge is 0.230 e. The highest BCUT2D eigenvalue weighted by molar-refractivity contribution is 6.31. The molecule has 6 heteroatoms. The Bertz CT molecular complexity index is 1090. The van der Waals surface area contributed by atoms with Crippen LogP contribution in [0.5, 0.6) is 0 Å². The summed E-state index contributed by atoms with van der Waals surface area (Å²) in [7, 11) is 0. The summed E-state index contributed by atoms with van der Waals surface area (Å²) in [6.07, 6.45) is 3.36. The minimum Gasteiger partial charge on any atom is -0.371 e. The van der Waals surface area contributed by atoms with Crippen LogP contribution in [-0.4, -0.2) is 35.5 Å². The monoisotopic (exact) mass is 434 g/mol. The fourth-order valence-electron chi connectivity index (χ4n) is 4.79. The van der Waals surface area contributed by atoms with Crippen molar-refractivity contribution in [2.45, 2.75) is 32.6 Å². The molecule has 5 rings (SSSR count). The van der Waals surface area contributed by atoms with Crippen molar-refractivity contribution >= 4 is 28.9 Å². The van der Waals surface area contributed by atoms with Crippen molar-refractivity contribution in [1.82, 2.24) is 9.97 Å². The van der Waals surface area contributed by atoms with Gasteiger partial charge in [-0.1, -0.05) is 36.7 Å². The van der Waals surface area contributed by atoms with Crippen LogP contribution in [-0.2, 0) is 17.6 Å². The second-order valence-corrected chi connectivity index (χ2v) is 8.80. The number of para-hydroxylation sites is 1. The third kappa shape index (κ3) is 3.83. The zero-order chi connectivity index (χ0) is 21.4. The van der Waals surface area contributed by atoms with Gasteiger partial charge >= 0.3 is 0 Å². The zero-order valence-electron chi connectivity index (χ0n) is 17.8. The van der Waals surface area contributed by atoms with Gasteiger partial charge in [-0.3, -0.25) is 4.79 Å². The number of carbonyl (C=O) groups excluding carboxylic acids is 1. The number of hydrogen-bond acceptors (Lipinski definition) is 3. The molecule has 2 aliphatic rings. The molecule has 3 heterocycles. The number of nitrogens with zero attached hydrogens (tertiary/aromatic N) is 3. The third-order valence-corrected chi connectivity index (χ3v) is 6.72. The summed E-state index contributed by atoms with van der Waals surface area (Å²) in [5.41, 5.74) is 5.14. The summed E-state index contributed by atoms with van der Waals surface area (Å²) in [6, 6.07) is 16.2. The summed E-state index contributed by atoms with van der Waals surface area (Å²) in [4.78, 5) is 26.2. The van der Waals surface area contributed by atoms with Crippen LogP contribution >= 0.6 is 11.6 Å². The number of fused-ring (bicyclic) bond motifs is 3. The third-order valence-electron chi connectivity index (χ3n) is 6.48. The van der Waals surface area contributed by atoms with Gasteiger partial charge in [-0.25, -0.2) is 4.98 Å². The molecule has 0 saturated carbocycles. The van der Waals surface area contributed by atoms with Crippen LogP contribution < -0.4 is 9.80 Å². The van der Waals surface area contributed by atoms with E-state index in [4.69, 9.17) is 16.6 Å². The number of aromatic amines is 1. The van der Waals surface area contributed by atoms with Gasteiger partial charge in [0, 0.05) is 60.4 Å². The standard InChI is InChI=1S/C25H27ClN4O/c1-2-23-27-21-12-15-30(22-9-8-18(26)16-20(22)24(21)28-23)25(31)17-10-13-29(14-11-17)19-6-4-3-5-7-19/h3-9,16-17H,2,10-15H2,1H3,(H,27,28). The van der Waals surface area contributed by atoms with Crippen molar-refractivity contribution in [3.63, 3.8) is 0 Å². The molecule has 0 aliphatic carbocycles. The van der Waals surface area contributed by atoms with E-state index in [-0.39, 0.29) is 11.8 Å². The number of rotatable bonds is 3. The number of nitrogens with one attached hydrogen (secondary N) is 1. The Labute approximate surface area is 188 Å². The number of amides is 1. The van der Waals surface area contributed by atoms with Gasteiger partial charge in [0.1, 0.15) is 5.82 Å². The predicted molar refractivity (Wildman–Crippen MR) is 126 cm³/mol. The molecule has 2 aliphatic heterocycles. The van der Waals surface area contributed by atoms with E-state index in [0.717, 1.165) is 67.2 Å². The molecule has 1 saturated heterocycles. The van der Waals surface area contributed by atoms with Crippen LogP contribution in [0, 0.1) is 5.92 Å². The quantitative estimate of drug-likeness (QED) is 0.624. The summed E-state index contributed by atoms with van der Waals surface area (Å²) in [5, 5.41) is 0.663. The van der Waals surface area contributed by atoms with Crippen molar-refractivity contribution in [2.75, 3.05) is 29.4 Å². The van der Waals surface area contributed by atoms with Crippen molar-refractivity contribution < 1.29 is 4.79 Å². The summed E-state index contributed by atoms with van der Waals surface area (Å²) in [5.74, 6) is 1.24. The molecule has 2 aromatic carbocycles. The van der Waals surface area contributed by atoms with Crippen molar-refractivity contribution in [3.05, 3.63) is 65.1 Å². The first kappa shape index (κ1) is 20.1. The molecular weight excluding hydrogens is 408 g/mol. The van der Waals surface area contributed by atoms with Crippen LogP contribution in [0.25, 0.3) is 11.3 Å². The molecule has 0 unspecified atom stereocenters. The van der Waals surface area contributed by atoms with Gasteiger partial charge in [0.15, 0.2) is 0 Å². The highest BCUT2D eigenvalue weighted by Gasteiger charge is 2.33. The fraction of sp³-hybridized carbons (Fsp3) is 0.360. The molecule has 1 amide bonds. The van der Waals surface area contributed by atoms with E-state index < -0.39 is 0 Å². The van der Waals surface area contributed by atoms with Gasteiger partial charge in [-0.15, -0.1) is 0 Å². The van der Waals surface area contributed by atoms with E-state index in [2.05, 4.69) is 41.1 Å². The number of carbonyl (C=O) groups is 1. The summed E-state index contributed by atoms with van der Waals surface area (Å²) in [6.45, 7) is 4.56. The molecule has 3 aromatic rings. The van der Waals surface area contributed by atoms with Crippen LogP contribution in [0.2, 0.25) is 5.02 Å². The maximum absolute atomic E-state index is 13.6. The predicted octanol–water partition coefficient (Wildman–Crippen LogP) is 5.10. The van der Waals surface area contributed by atoms with E-state index in [1.807, 2.05) is 29.2 Å². The topological polar surface area (TPSA) is 52.2 Å². The highest BCUT2D eigenvalue weighted by Crippen LogP contribution is 2.38. The molecule has 160 valence electrons. The minimum absolute atomic E-state index is 0.0408. The first-order chi connectivity index (χ1) is 15.1. The number of benzene rings is 2. The number of imidazole rings is 1. The lowest BCUT2D eigenvalue weighted by atomic mass is 9.94. The molecule has 1 aromatic heterocycles. The van der Waals surface area contributed by atoms with E-state index in [9.17, 15) is 4.79 Å². The van der Waals surface area contributed by atoms with Crippen molar-refractivity contribution in [2.24, 2.45) is 5.92 Å². The molecule has 31 heavy (non-hydrogen) atoms. The number of aryl methyl sites for hydroxylation is 1. The molecule has 1 fully saturated rings. The number of halogens is 1. The SMILES string of the molecule is CCc1nc2c([nH]1)CCN(C(=O)C1CCN(c3ccccc3)CC1)c1ccc(Cl)cc1-2. The lowest BCUT2D eigenvalue weighted by Crippen LogP contribution is -2.43. The van der Waals surface area contributed by atoms with Crippen LogP contribution in [0.4, 0.5) is 11.4 Å². The molecular formula is C25H27ClN4O. The van der Waals surface area contributed by atoms with Crippen LogP contribution in [0.1, 0.15) is 31.3 Å². The lowest BCUT2D eigenvalue weighted by molar-refractivity contribution is -0.123. The summed E-state index contributed by atoms with van der Waals surface area (Å²) >= 11 is 6.34. The number of anilines is 2. The molecule has 5 nitrogen and oxygen atoms in total. The number of H-pyrrole nitrogens is 1. The van der Waals surface area contributed by atoms with E-state index in [0.29, 0.717) is 11.6 Å². The van der Waals surface area contributed by atoms with Gasteiger partial charge in [-0.05, 0) is 43.2 Å². The minimum atomic E-state index is 0.0408. The Morgan fingerprint density at radius 1 is 1.13 bits per heavy atom. The van der Waals surface area contributed by atoms with Gasteiger partial charge in [0.05, 0.1) is 11.4 Å². The normalized spacial score (nSPS) is 16.6. The van der Waals surface area contributed by atoms with Gasteiger partial charge in [0.25, 0.3) is 0 Å². The fourth-order valence-corrected chi connectivity index (χ4v) is 4.96. The van der Waals surface area contributed by atoms with Crippen LogP contribution in [0.15, 0.2) is 48.5 Å². The average Bonchev–Trinajstić information content (AvgIpc) is 3.17. The van der Waals surface area contributed by atoms with Gasteiger partial charge in [0.2, 0.25) is 5.91 Å². The van der Waals surface area contributed by atoms with Gasteiger partial charge in [-0.2, -0.15) is 0 Å². The maximum atomic E-state index is 13.6. The van der Waals surface area contributed by atoms with Crippen molar-refractivity contribution in [1.29, 1.82) is 0 Å². The lowest BCUT2D eigenvalue weighted by Gasteiger charge is -2.35. The summed E-state index contributed by atoms with van der Waals surface area (Å²) < 4.78 is 0. The van der Waals surface area contributed by atoms with Crippen molar-refractivity contribution in [3.8, 4) is 11.3 Å². The highest BCUT2D eigenvalue weighted by atomic mass is 35.5. The largest absolute Gasteiger partial charge is 0.371 e. The second kappa shape index (κ2) is 8.39. The van der Waals surface area contributed by atoms with E-state index >= 15 is 0 Å². The first-order valence-corrected chi connectivity index (χ1v) is 11.5. The Morgan fingerprint density at radius 3 is 2.65 bits per heavy atom. The Hall–Kier alpha value is -2.79. The molecule has 0 atom stereocenters. The maximum Gasteiger partial charge on any atom is 0.230 e.